The van der Waals surface area contributed by atoms with E-state index in [4.69, 9.17) is 11.6 Å². The van der Waals surface area contributed by atoms with Crippen LogP contribution in [0, 0.1) is 5.82 Å². The number of rotatable bonds is 6. The molecule has 0 saturated carbocycles. The van der Waals surface area contributed by atoms with Crippen molar-refractivity contribution in [3.8, 4) is 0 Å². The van der Waals surface area contributed by atoms with Crippen LogP contribution >= 0.6 is 27.5 Å². The molecular weight excluding hydrogens is 353 g/mol. The summed E-state index contributed by atoms with van der Waals surface area (Å²) >= 11 is 9.35. The fraction of sp³-hybridized carbons (Fsp3) is 0.294. The first-order valence-corrected chi connectivity index (χ1v) is 8.17. The monoisotopic (exact) mass is 369 g/mol. The van der Waals surface area contributed by atoms with Crippen LogP contribution in [0.3, 0.4) is 0 Å². The van der Waals surface area contributed by atoms with E-state index < -0.39 is 0 Å². The lowest BCUT2D eigenvalue weighted by atomic mass is 9.99. The Balaban J connectivity index is 2.09. The number of benzene rings is 2. The highest BCUT2D eigenvalue weighted by atomic mass is 79.9. The molecule has 0 fully saturated rings. The summed E-state index contributed by atoms with van der Waals surface area (Å²) in [4.78, 5) is 0. The van der Waals surface area contributed by atoms with Crippen LogP contribution in [-0.2, 0) is 12.8 Å². The summed E-state index contributed by atoms with van der Waals surface area (Å²) in [6, 6.07) is 13.5. The molecule has 1 nitrogen and oxygen atoms in total. The topological polar surface area (TPSA) is 12.0 Å². The number of hydrogen-bond donors (Lipinski definition) is 1. The Hall–Kier alpha value is -0.900. The Morgan fingerprint density at radius 3 is 2.48 bits per heavy atom. The van der Waals surface area contributed by atoms with Crippen LogP contribution in [0.15, 0.2) is 46.9 Å². The molecule has 0 bridgehead atoms. The Morgan fingerprint density at radius 2 is 1.86 bits per heavy atom. The molecular formula is C17H18BrClFN. The molecule has 0 spiro atoms. The fourth-order valence-electron chi connectivity index (χ4n) is 2.40. The fourth-order valence-corrected chi connectivity index (χ4v) is 3.05. The van der Waals surface area contributed by atoms with Crippen molar-refractivity contribution in [1.82, 2.24) is 5.32 Å². The van der Waals surface area contributed by atoms with Gasteiger partial charge in [-0.3, -0.25) is 0 Å². The van der Waals surface area contributed by atoms with Crippen molar-refractivity contribution >= 4 is 27.5 Å². The minimum Gasteiger partial charge on any atom is -0.314 e. The molecule has 1 unspecified atom stereocenters. The largest absolute Gasteiger partial charge is 0.314 e. The van der Waals surface area contributed by atoms with Gasteiger partial charge in [-0.15, -0.1) is 0 Å². The molecule has 21 heavy (non-hydrogen) atoms. The van der Waals surface area contributed by atoms with Gasteiger partial charge in [0, 0.05) is 10.5 Å². The molecule has 112 valence electrons. The van der Waals surface area contributed by atoms with E-state index in [-0.39, 0.29) is 10.8 Å². The molecule has 2 aromatic carbocycles. The molecule has 0 aliphatic carbocycles. The summed E-state index contributed by atoms with van der Waals surface area (Å²) in [6.07, 6.45) is 1.74. The van der Waals surface area contributed by atoms with Gasteiger partial charge >= 0.3 is 0 Å². The molecule has 1 N–H and O–H groups in total. The summed E-state index contributed by atoms with van der Waals surface area (Å²) in [7, 11) is 0. The molecule has 0 saturated heterocycles. The van der Waals surface area contributed by atoms with Gasteiger partial charge in [0.2, 0.25) is 0 Å². The molecule has 0 aliphatic heterocycles. The van der Waals surface area contributed by atoms with E-state index in [0.29, 0.717) is 6.04 Å². The van der Waals surface area contributed by atoms with Crippen molar-refractivity contribution in [1.29, 1.82) is 0 Å². The van der Waals surface area contributed by atoms with Gasteiger partial charge in [0.05, 0.1) is 5.02 Å². The number of hydrogen-bond acceptors (Lipinski definition) is 1. The van der Waals surface area contributed by atoms with Crippen LogP contribution in [0.5, 0.6) is 0 Å². The molecule has 0 amide bonds. The third-order valence-corrected chi connectivity index (χ3v) is 4.11. The molecule has 0 aromatic heterocycles. The smallest absolute Gasteiger partial charge is 0.141 e. The third kappa shape index (κ3) is 5.10. The van der Waals surface area contributed by atoms with Crippen molar-refractivity contribution in [2.24, 2.45) is 0 Å². The quantitative estimate of drug-likeness (QED) is 0.754. The first-order valence-electron chi connectivity index (χ1n) is 7.00. The van der Waals surface area contributed by atoms with Gasteiger partial charge < -0.3 is 5.32 Å². The second kappa shape index (κ2) is 7.92. The lowest BCUT2D eigenvalue weighted by Gasteiger charge is -2.18. The SMILES string of the molecule is CCNC(Cc1cccc(Br)c1)Cc1ccc(F)c(Cl)c1. The molecule has 4 heteroatoms. The Kier molecular flexibility index (Phi) is 6.22. The van der Waals surface area contributed by atoms with Crippen LogP contribution in [0.25, 0.3) is 0 Å². The van der Waals surface area contributed by atoms with Gasteiger partial charge in [0.1, 0.15) is 5.82 Å². The minimum atomic E-state index is -0.368. The summed E-state index contributed by atoms with van der Waals surface area (Å²) in [5.41, 5.74) is 2.31. The van der Waals surface area contributed by atoms with Gasteiger partial charge in [0.15, 0.2) is 0 Å². The van der Waals surface area contributed by atoms with Gasteiger partial charge in [-0.25, -0.2) is 4.39 Å². The molecule has 0 heterocycles. The van der Waals surface area contributed by atoms with E-state index >= 15 is 0 Å². The average Bonchev–Trinajstić information content (AvgIpc) is 2.43. The third-order valence-electron chi connectivity index (χ3n) is 3.33. The van der Waals surface area contributed by atoms with E-state index in [1.54, 1.807) is 12.1 Å². The minimum absolute atomic E-state index is 0.185. The van der Waals surface area contributed by atoms with E-state index in [1.165, 1.54) is 11.6 Å². The zero-order chi connectivity index (χ0) is 15.2. The lowest BCUT2D eigenvalue weighted by Crippen LogP contribution is -2.33. The summed E-state index contributed by atoms with van der Waals surface area (Å²) in [6.45, 7) is 2.99. The normalized spacial score (nSPS) is 12.4. The maximum absolute atomic E-state index is 13.2. The highest BCUT2D eigenvalue weighted by molar-refractivity contribution is 9.10. The second-order valence-corrected chi connectivity index (χ2v) is 6.36. The molecule has 2 aromatic rings. The Morgan fingerprint density at radius 1 is 1.14 bits per heavy atom. The first kappa shape index (κ1) is 16.5. The van der Waals surface area contributed by atoms with Crippen LogP contribution in [0.2, 0.25) is 5.02 Å². The van der Waals surface area contributed by atoms with Crippen molar-refractivity contribution in [3.63, 3.8) is 0 Å². The number of likely N-dealkylation sites (N-methyl/N-ethyl adjacent to an activating group) is 1. The van der Waals surface area contributed by atoms with Crippen LogP contribution in [0.1, 0.15) is 18.1 Å². The maximum Gasteiger partial charge on any atom is 0.141 e. The molecule has 0 aliphatic rings. The van der Waals surface area contributed by atoms with Gasteiger partial charge in [0.25, 0.3) is 0 Å². The van der Waals surface area contributed by atoms with Crippen LogP contribution < -0.4 is 5.32 Å². The maximum atomic E-state index is 13.2. The predicted molar refractivity (Wildman–Crippen MR) is 90.4 cm³/mol. The summed E-state index contributed by atoms with van der Waals surface area (Å²) in [5.74, 6) is -0.368. The van der Waals surface area contributed by atoms with Crippen molar-refractivity contribution in [3.05, 3.63) is 68.9 Å². The second-order valence-electron chi connectivity index (χ2n) is 5.04. The van der Waals surface area contributed by atoms with Crippen LogP contribution in [0.4, 0.5) is 4.39 Å². The number of halogens is 3. The highest BCUT2D eigenvalue weighted by Crippen LogP contribution is 2.19. The van der Waals surface area contributed by atoms with Crippen LogP contribution in [-0.4, -0.2) is 12.6 Å². The van der Waals surface area contributed by atoms with Crippen molar-refractivity contribution in [2.45, 2.75) is 25.8 Å². The lowest BCUT2D eigenvalue weighted by molar-refractivity contribution is 0.520. The van der Waals surface area contributed by atoms with E-state index in [0.717, 1.165) is 29.4 Å². The van der Waals surface area contributed by atoms with Crippen molar-refractivity contribution in [2.75, 3.05) is 6.54 Å². The van der Waals surface area contributed by atoms with Gasteiger partial charge in [-0.05, 0) is 54.8 Å². The molecule has 1 atom stereocenters. The highest BCUT2D eigenvalue weighted by Gasteiger charge is 2.11. The van der Waals surface area contributed by atoms with Gasteiger partial charge in [-0.2, -0.15) is 0 Å². The van der Waals surface area contributed by atoms with E-state index in [9.17, 15) is 4.39 Å². The Bertz CT molecular complexity index is 603. The zero-order valence-electron chi connectivity index (χ0n) is 11.9. The van der Waals surface area contributed by atoms with Crippen molar-refractivity contribution < 1.29 is 4.39 Å². The van der Waals surface area contributed by atoms with E-state index in [1.807, 2.05) is 12.1 Å². The molecule has 2 rings (SSSR count). The predicted octanol–water partition coefficient (Wildman–Crippen LogP) is 5.00. The summed E-state index contributed by atoms with van der Waals surface area (Å²) < 4.78 is 14.3. The standard InChI is InChI=1S/C17H18BrClFN/c1-2-21-15(9-12-4-3-5-14(18)8-12)10-13-6-7-17(20)16(19)11-13/h3-8,11,15,21H,2,9-10H2,1H3. The number of nitrogens with one attached hydrogen (secondary N) is 1. The molecule has 0 radical (unpaired) electrons. The zero-order valence-corrected chi connectivity index (χ0v) is 14.2. The average molecular weight is 371 g/mol. The van der Waals surface area contributed by atoms with E-state index in [2.05, 4.69) is 40.3 Å². The summed E-state index contributed by atoms with van der Waals surface area (Å²) in [5, 5.41) is 3.67. The van der Waals surface area contributed by atoms with Gasteiger partial charge in [-0.1, -0.05) is 52.7 Å². The first-order chi connectivity index (χ1) is 10.1. The Labute approximate surface area is 138 Å².